The van der Waals surface area contributed by atoms with Gasteiger partial charge in [-0.05, 0) is 111 Å². The maximum atomic E-state index is 10.3. The Morgan fingerprint density at radius 3 is 2.43 bits per heavy atom. The van der Waals surface area contributed by atoms with Crippen LogP contribution in [0.2, 0.25) is 0 Å². The largest absolute Gasteiger partial charge is 0.393 e. The van der Waals surface area contributed by atoms with Gasteiger partial charge in [-0.15, -0.1) is 0 Å². The van der Waals surface area contributed by atoms with Crippen LogP contribution in [0.15, 0.2) is 11.1 Å². The summed E-state index contributed by atoms with van der Waals surface area (Å²) in [7, 11) is 0. The van der Waals surface area contributed by atoms with Crippen LogP contribution in [0.3, 0.4) is 0 Å². The van der Waals surface area contributed by atoms with E-state index in [1.165, 1.54) is 64.2 Å². The minimum absolute atomic E-state index is 0.0337. The van der Waals surface area contributed by atoms with Crippen molar-refractivity contribution in [1.29, 1.82) is 0 Å². The molecule has 1 heteroatoms. The highest BCUT2D eigenvalue weighted by molar-refractivity contribution is 5.34. The molecule has 1 nitrogen and oxygen atoms in total. The average molecular weight is 415 g/mol. The van der Waals surface area contributed by atoms with Crippen molar-refractivity contribution in [3.8, 4) is 0 Å². The van der Waals surface area contributed by atoms with Gasteiger partial charge < -0.3 is 5.11 Å². The third kappa shape index (κ3) is 3.74. The standard InChI is InChI=1S/C29H50O/c1-7-21(19(2)3)9-8-20(4)25-12-13-26-24-11-10-22-18-23(30)14-16-28(22,5)27(24)15-17-29(25,26)6/h19-23,25-26,30H,7-18H2,1-6H3/t20-,21-,22-,23+,25+,26-,28+,29-/m1/s1. The van der Waals surface area contributed by atoms with Gasteiger partial charge in [-0.1, -0.05) is 65.5 Å². The summed E-state index contributed by atoms with van der Waals surface area (Å²) in [5.41, 5.74) is 4.76. The summed E-state index contributed by atoms with van der Waals surface area (Å²) in [5, 5.41) is 10.3. The lowest BCUT2D eigenvalue weighted by Crippen LogP contribution is -2.45. The van der Waals surface area contributed by atoms with Gasteiger partial charge in [0.05, 0.1) is 6.10 Å². The summed E-state index contributed by atoms with van der Waals surface area (Å²) >= 11 is 0. The summed E-state index contributed by atoms with van der Waals surface area (Å²) < 4.78 is 0. The van der Waals surface area contributed by atoms with Gasteiger partial charge in [-0.25, -0.2) is 0 Å². The summed E-state index contributed by atoms with van der Waals surface area (Å²) in [6.45, 7) is 15.1. The quantitative estimate of drug-likeness (QED) is 0.434. The maximum Gasteiger partial charge on any atom is 0.0543 e. The van der Waals surface area contributed by atoms with Crippen LogP contribution in [-0.2, 0) is 0 Å². The molecule has 0 aromatic heterocycles. The van der Waals surface area contributed by atoms with Crippen LogP contribution < -0.4 is 0 Å². The van der Waals surface area contributed by atoms with Gasteiger partial charge in [0, 0.05) is 0 Å². The molecular weight excluding hydrogens is 364 g/mol. The van der Waals surface area contributed by atoms with Crippen molar-refractivity contribution >= 4 is 0 Å². The van der Waals surface area contributed by atoms with E-state index >= 15 is 0 Å². The van der Waals surface area contributed by atoms with Crippen molar-refractivity contribution in [1.82, 2.24) is 0 Å². The molecule has 0 radical (unpaired) electrons. The van der Waals surface area contributed by atoms with E-state index in [9.17, 15) is 5.11 Å². The highest BCUT2D eigenvalue weighted by Crippen LogP contribution is 2.66. The summed E-state index contributed by atoms with van der Waals surface area (Å²) in [4.78, 5) is 0. The van der Waals surface area contributed by atoms with E-state index in [2.05, 4.69) is 41.5 Å². The van der Waals surface area contributed by atoms with E-state index < -0.39 is 0 Å². The molecule has 4 rings (SSSR count). The van der Waals surface area contributed by atoms with E-state index in [1.807, 2.05) is 11.1 Å². The van der Waals surface area contributed by atoms with Crippen LogP contribution in [0.25, 0.3) is 0 Å². The zero-order valence-corrected chi connectivity index (χ0v) is 21.0. The fraction of sp³-hybridized carbons (Fsp3) is 0.931. The Hall–Kier alpha value is -0.300. The molecule has 0 spiro atoms. The number of hydrogen-bond acceptors (Lipinski definition) is 1. The first-order valence-electron chi connectivity index (χ1n) is 13.6. The molecule has 2 fully saturated rings. The molecule has 4 aliphatic carbocycles. The summed E-state index contributed by atoms with van der Waals surface area (Å²) in [6.07, 6.45) is 15.9. The van der Waals surface area contributed by atoms with Crippen LogP contribution in [0.5, 0.6) is 0 Å². The minimum Gasteiger partial charge on any atom is -0.393 e. The molecule has 172 valence electrons. The first-order valence-corrected chi connectivity index (χ1v) is 13.6. The Morgan fingerprint density at radius 1 is 0.967 bits per heavy atom. The monoisotopic (exact) mass is 414 g/mol. The highest BCUT2D eigenvalue weighted by Gasteiger charge is 2.55. The fourth-order valence-corrected chi connectivity index (χ4v) is 9.10. The van der Waals surface area contributed by atoms with Gasteiger partial charge in [-0.2, -0.15) is 0 Å². The Bertz CT molecular complexity index is 647. The molecule has 8 atom stereocenters. The number of fused-ring (bicyclic) bond motifs is 4. The number of aliphatic hydroxyl groups excluding tert-OH is 1. The Morgan fingerprint density at radius 2 is 1.73 bits per heavy atom. The number of rotatable bonds is 6. The molecule has 0 saturated heterocycles. The normalized spacial score (nSPS) is 43.2. The lowest BCUT2D eigenvalue weighted by molar-refractivity contribution is 0.0131. The van der Waals surface area contributed by atoms with Gasteiger partial charge >= 0.3 is 0 Å². The van der Waals surface area contributed by atoms with Crippen LogP contribution in [0.1, 0.15) is 119 Å². The predicted molar refractivity (Wildman–Crippen MR) is 128 cm³/mol. The van der Waals surface area contributed by atoms with Crippen molar-refractivity contribution in [2.75, 3.05) is 0 Å². The average Bonchev–Trinajstić information content (AvgIpc) is 3.06. The van der Waals surface area contributed by atoms with Gasteiger partial charge in [0.1, 0.15) is 0 Å². The number of hydrogen-bond donors (Lipinski definition) is 1. The molecule has 4 aliphatic rings. The molecule has 0 amide bonds. The molecule has 0 aliphatic heterocycles. The van der Waals surface area contributed by atoms with E-state index in [0.29, 0.717) is 10.8 Å². The van der Waals surface area contributed by atoms with Crippen molar-refractivity contribution < 1.29 is 5.11 Å². The molecule has 30 heavy (non-hydrogen) atoms. The van der Waals surface area contributed by atoms with Gasteiger partial charge in [-0.3, -0.25) is 0 Å². The van der Waals surface area contributed by atoms with Crippen molar-refractivity contribution in [2.45, 2.75) is 125 Å². The smallest absolute Gasteiger partial charge is 0.0543 e. The van der Waals surface area contributed by atoms with E-state index in [4.69, 9.17) is 0 Å². The van der Waals surface area contributed by atoms with E-state index in [1.54, 1.807) is 0 Å². The van der Waals surface area contributed by atoms with Crippen LogP contribution in [0, 0.1) is 46.3 Å². The summed E-state index contributed by atoms with van der Waals surface area (Å²) in [6, 6.07) is 0. The molecule has 2 saturated carbocycles. The topological polar surface area (TPSA) is 20.2 Å². The van der Waals surface area contributed by atoms with Crippen LogP contribution >= 0.6 is 0 Å². The maximum absolute atomic E-state index is 10.3. The molecule has 0 aromatic rings. The van der Waals surface area contributed by atoms with Gasteiger partial charge in [0.25, 0.3) is 0 Å². The minimum atomic E-state index is -0.0337. The van der Waals surface area contributed by atoms with Crippen molar-refractivity contribution in [3.63, 3.8) is 0 Å². The lowest BCUT2D eigenvalue weighted by Gasteiger charge is -2.55. The molecule has 1 N–H and O–H groups in total. The van der Waals surface area contributed by atoms with Crippen LogP contribution in [0.4, 0.5) is 0 Å². The van der Waals surface area contributed by atoms with Crippen LogP contribution in [-0.4, -0.2) is 11.2 Å². The Labute approximate surface area is 187 Å². The third-order valence-electron chi connectivity index (χ3n) is 11.2. The lowest BCUT2D eigenvalue weighted by atomic mass is 9.50. The third-order valence-corrected chi connectivity index (χ3v) is 11.2. The molecular formula is C29H50O. The van der Waals surface area contributed by atoms with Crippen molar-refractivity contribution in [2.24, 2.45) is 46.3 Å². The second-order valence-corrected chi connectivity index (χ2v) is 12.8. The van der Waals surface area contributed by atoms with Gasteiger partial charge in [0.15, 0.2) is 0 Å². The molecule has 0 bridgehead atoms. The second-order valence-electron chi connectivity index (χ2n) is 12.8. The zero-order valence-electron chi connectivity index (χ0n) is 21.0. The predicted octanol–water partition coefficient (Wildman–Crippen LogP) is 8.17. The molecule has 0 unspecified atom stereocenters. The Kier molecular flexibility index (Phi) is 6.53. The molecule has 0 heterocycles. The van der Waals surface area contributed by atoms with E-state index in [-0.39, 0.29) is 6.10 Å². The first kappa shape index (κ1) is 22.9. The number of allylic oxidation sites excluding steroid dienone is 2. The summed E-state index contributed by atoms with van der Waals surface area (Å²) in [5.74, 6) is 5.16. The van der Waals surface area contributed by atoms with E-state index in [0.717, 1.165) is 48.3 Å². The molecule has 0 aromatic carbocycles. The SMILES string of the molecule is CC[C@H](CC[C@@H](C)[C@@H]1CC[C@@H]2C3=C(CC[C@@]21C)[C@@]1(C)CC[C@H](O)C[C@H]1CC3)C(C)C. The second kappa shape index (κ2) is 8.57. The zero-order chi connectivity index (χ0) is 21.7. The first-order chi connectivity index (χ1) is 14.2. The fourth-order valence-electron chi connectivity index (χ4n) is 9.10. The number of aliphatic hydroxyl groups is 1. The van der Waals surface area contributed by atoms with Gasteiger partial charge in [0.2, 0.25) is 0 Å². The highest BCUT2D eigenvalue weighted by atomic mass is 16.3. The van der Waals surface area contributed by atoms with Crippen molar-refractivity contribution in [3.05, 3.63) is 11.1 Å². The Balaban J connectivity index is 1.50.